The van der Waals surface area contributed by atoms with E-state index in [-0.39, 0.29) is 0 Å². The van der Waals surface area contributed by atoms with E-state index in [0.29, 0.717) is 5.92 Å². The van der Waals surface area contributed by atoms with Crippen molar-refractivity contribution in [1.29, 1.82) is 0 Å². The van der Waals surface area contributed by atoms with E-state index in [9.17, 15) is 0 Å². The molecule has 0 heterocycles. The Morgan fingerprint density at radius 3 is 2.67 bits per heavy atom. The number of allylic oxidation sites excluding steroid dienone is 2. The first-order valence-corrected chi connectivity index (χ1v) is 5.87. The molecular weight excluding hydrogens is 180 g/mol. The van der Waals surface area contributed by atoms with Crippen molar-refractivity contribution in [3.05, 3.63) is 47.0 Å². The molecule has 0 saturated heterocycles. The average Bonchev–Trinajstić information content (AvgIpc) is 2.22. The van der Waals surface area contributed by atoms with Crippen LogP contribution in [0.25, 0.3) is 0 Å². The van der Waals surface area contributed by atoms with Gasteiger partial charge in [0.25, 0.3) is 0 Å². The minimum Gasteiger partial charge on any atom is -0.0885 e. The molecule has 1 rings (SSSR count). The Hall–Kier alpha value is -1.04. The number of rotatable bonds is 4. The van der Waals surface area contributed by atoms with Crippen molar-refractivity contribution in [2.75, 3.05) is 0 Å². The highest BCUT2D eigenvalue weighted by Crippen LogP contribution is 2.17. The molecule has 0 aliphatic rings. The molecule has 0 aliphatic heterocycles. The molecule has 1 atom stereocenters. The van der Waals surface area contributed by atoms with Gasteiger partial charge >= 0.3 is 0 Å². The molecule has 0 radical (unpaired) electrons. The lowest BCUT2D eigenvalue weighted by atomic mass is 9.94. The molecule has 0 aliphatic carbocycles. The molecule has 15 heavy (non-hydrogen) atoms. The molecule has 0 aromatic heterocycles. The summed E-state index contributed by atoms with van der Waals surface area (Å²) >= 11 is 0. The van der Waals surface area contributed by atoms with Crippen LogP contribution in [0.4, 0.5) is 0 Å². The van der Waals surface area contributed by atoms with Gasteiger partial charge in [0, 0.05) is 0 Å². The summed E-state index contributed by atoms with van der Waals surface area (Å²) < 4.78 is 0. The molecule has 1 aromatic rings. The van der Waals surface area contributed by atoms with Crippen LogP contribution in [0.1, 0.15) is 37.0 Å². The second-order valence-electron chi connectivity index (χ2n) is 4.38. The van der Waals surface area contributed by atoms with Gasteiger partial charge in [0.2, 0.25) is 0 Å². The Balaban J connectivity index is 2.72. The first-order valence-electron chi connectivity index (χ1n) is 5.87. The van der Waals surface area contributed by atoms with Gasteiger partial charge in [0.1, 0.15) is 0 Å². The fourth-order valence-electron chi connectivity index (χ4n) is 1.82. The second kappa shape index (κ2) is 5.75. The van der Waals surface area contributed by atoms with Gasteiger partial charge in [0.05, 0.1) is 0 Å². The van der Waals surface area contributed by atoms with E-state index >= 15 is 0 Å². The molecule has 0 saturated carbocycles. The van der Waals surface area contributed by atoms with Crippen molar-refractivity contribution in [3.8, 4) is 0 Å². The molecule has 0 N–H and O–H groups in total. The molecule has 1 aromatic carbocycles. The van der Waals surface area contributed by atoms with Crippen molar-refractivity contribution in [2.24, 2.45) is 5.92 Å². The van der Waals surface area contributed by atoms with Gasteiger partial charge in [-0.2, -0.15) is 0 Å². The van der Waals surface area contributed by atoms with Crippen LogP contribution in [-0.2, 0) is 6.42 Å². The zero-order valence-electron chi connectivity index (χ0n) is 10.4. The van der Waals surface area contributed by atoms with E-state index in [1.54, 1.807) is 0 Å². The van der Waals surface area contributed by atoms with Gasteiger partial charge in [-0.05, 0) is 49.3 Å². The van der Waals surface area contributed by atoms with Gasteiger partial charge < -0.3 is 0 Å². The van der Waals surface area contributed by atoms with Gasteiger partial charge in [0.15, 0.2) is 0 Å². The Morgan fingerprint density at radius 1 is 1.27 bits per heavy atom. The van der Waals surface area contributed by atoms with Crippen LogP contribution in [0.15, 0.2) is 30.4 Å². The smallest absolute Gasteiger partial charge is 0.0216 e. The third kappa shape index (κ3) is 3.54. The lowest BCUT2D eigenvalue weighted by molar-refractivity contribution is 0.716. The zero-order valence-corrected chi connectivity index (χ0v) is 10.4. The summed E-state index contributed by atoms with van der Waals surface area (Å²) in [7, 11) is 0. The van der Waals surface area contributed by atoms with Crippen LogP contribution in [0.5, 0.6) is 0 Å². The van der Waals surface area contributed by atoms with E-state index in [1.807, 2.05) is 0 Å². The van der Waals surface area contributed by atoms with Crippen molar-refractivity contribution in [3.63, 3.8) is 0 Å². The zero-order chi connectivity index (χ0) is 11.3. The molecule has 0 fully saturated rings. The number of benzene rings is 1. The normalized spacial score (nSPS) is 13.3. The van der Waals surface area contributed by atoms with Gasteiger partial charge in [-0.1, -0.05) is 44.2 Å². The Kier molecular flexibility index (Phi) is 4.61. The van der Waals surface area contributed by atoms with Crippen molar-refractivity contribution in [1.82, 2.24) is 0 Å². The highest BCUT2D eigenvalue weighted by molar-refractivity contribution is 5.33. The van der Waals surface area contributed by atoms with E-state index in [0.717, 1.165) is 12.8 Å². The van der Waals surface area contributed by atoms with Crippen LogP contribution in [-0.4, -0.2) is 0 Å². The summed E-state index contributed by atoms with van der Waals surface area (Å²) in [5.74, 6) is 0.644. The predicted octanol–water partition coefficient (Wildman–Crippen LogP) is 4.45. The molecule has 0 nitrogen and oxygen atoms in total. The third-order valence-corrected chi connectivity index (χ3v) is 2.96. The van der Waals surface area contributed by atoms with Crippen molar-refractivity contribution in [2.45, 2.75) is 40.5 Å². The first-order chi connectivity index (χ1) is 7.15. The highest BCUT2D eigenvalue weighted by atomic mass is 14.1. The van der Waals surface area contributed by atoms with Crippen LogP contribution in [0.2, 0.25) is 0 Å². The maximum absolute atomic E-state index is 2.32. The maximum atomic E-state index is 2.32. The van der Waals surface area contributed by atoms with Gasteiger partial charge in [-0.25, -0.2) is 0 Å². The lowest BCUT2D eigenvalue weighted by Crippen LogP contribution is -1.99. The number of aryl methyl sites for hydroxylation is 1. The second-order valence-corrected chi connectivity index (χ2v) is 4.38. The van der Waals surface area contributed by atoms with E-state index in [2.05, 4.69) is 58.0 Å². The topological polar surface area (TPSA) is 0 Å². The fourth-order valence-corrected chi connectivity index (χ4v) is 1.82. The van der Waals surface area contributed by atoms with E-state index in [4.69, 9.17) is 0 Å². The summed E-state index contributed by atoms with van der Waals surface area (Å²) in [4.78, 5) is 0. The minimum atomic E-state index is 0.644. The Morgan fingerprint density at radius 2 is 2.00 bits per heavy atom. The van der Waals surface area contributed by atoms with Crippen LogP contribution < -0.4 is 0 Å². The summed E-state index contributed by atoms with van der Waals surface area (Å²) in [6.45, 7) is 8.88. The average molecular weight is 202 g/mol. The summed E-state index contributed by atoms with van der Waals surface area (Å²) in [5, 5.41) is 0. The summed E-state index contributed by atoms with van der Waals surface area (Å²) in [5.41, 5.74) is 4.34. The SMILES string of the molecule is CC/C=C\C(C)Cc1cccc(C)c1C. The number of hydrogen-bond donors (Lipinski definition) is 0. The largest absolute Gasteiger partial charge is 0.0885 e. The predicted molar refractivity (Wildman–Crippen MR) is 68.2 cm³/mol. The minimum absolute atomic E-state index is 0.644. The molecule has 82 valence electrons. The van der Waals surface area contributed by atoms with E-state index in [1.165, 1.54) is 16.7 Å². The maximum Gasteiger partial charge on any atom is -0.0216 e. The van der Waals surface area contributed by atoms with Crippen LogP contribution in [0.3, 0.4) is 0 Å². The van der Waals surface area contributed by atoms with E-state index < -0.39 is 0 Å². The monoisotopic (exact) mass is 202 g/mol. The summed E-state index contributed by atoms with van der Waals surface area (Å²) in [6.07, 6.45) is 6.87. The van der Waals surface area contributed by atoms with Crippen molar-refractivity contribution < 1.29 is 0 Å². The molecule has 1 unspecified atom stereocenters. The fraction of sp³-hybridized carbons (Fsp3) is 0.467. The molecule has 0 spiro atoms. The molecular formula is C15H22. The van der Waals surface area contributed by atoms with Crippen molar-refractivity contribution >= 4 is 0 Å². The first kappa shape index (κ1) is 12.0. The van der Waals surface area contributed by atoms with Crippen LogP contribution >= 0.6 is 0 Å². The highest BCUT2D eigenvalue weighted by Gasteiger charge is 2.03. The standard InChI is InChI=1S/C15H22/c1-5-6-8-12(2)11-15-10-7-9-13(3)14(15)4/h6-10,12H,5,11H2,1-4H3/b8-6-. The lowest BCUT2D eigenvalue weighted by Gasteiger charge is -2.11. The Labute approximate surface area is 94.0 Å². The molecule has 0 heteroatoms. The van der Waals surface area contributed by atoms with Crippen LogP contribution in [0, 0.1) is 19.8 Å². The number of hydrogen-bond acceptors (Lipinski definition) is 0. The Bertz CT molecular complexity index is 334. The quantitative estimate of drug-likeness (QED) is 0.633. The third-order valence-electron chi connectivity index (χ3n) is 2.96. The molecule has 0 amide bonds. The van der Waals surface area contributed by atoms with Gasteiger partial charge in [-0.3, -0.25) is 0 Å². The van der Waals surface area contributed by atoms with Gasteiger partial charge in [-0.15, -0.1) is 0 Å². The summed E-state index contributed by atoms with van der Waals surface area (Å²) in [6, 6.07) is 6.60. The molecule has 0 bridgehead atoms.